The molecule has 1 saturated carbocycles. The molecule has 0 bridgehead atoms. The highest BCUT2D eigenvalue weighted by atomic mass is 19.4. The van der Waals surface area contributed by atoms with Crippen LogP contribution < -0.4 is 5.32 Å². The first-order valence-electron chi connectivity index (χ1n) is 12.8. The molecule has 7 nitrogen and oxygen atoms in total. The molecule has 2 heterocycles. The number of carbonyl (C=O) groups excluding carboxylic acids is 2. The second-order valence-electron chi connectivity index (χ2n) is 10.3. The van der Waals surface area contributed by atoms with Gasteiger partial charge in [0, 0.05) is 42.9 Å². The number of carbonyl (C=O) groups is 2. The molecule has 2 aliphatic rings. The van der Waals surface area contributed by atoms with Gasteiger partial charge in [-0.25, -0.2) is 9.97 Å². The van der Waals surface area contributed by atoms with E-state index in [-0.39, 0.29) is 47.6 Å². The predicted molar refractivity (Wildman–Crippen MR) is 135 cm³/mol. The number of nitrogens with zero attached hydrogens (tertiary/aromatic N) is 4. The van der Waals surface area contributed by atoms with Gasteiger partial charge >= 0.3 is 6.18 Å². The number of ketones is 1. The fraction of sp³-hybridized carbons (Fsp3) is 0.556. The lowest BCUT2D eigenvalue weighted by Gasteiger charge is -2.35. The number of aromatic nitrogens is 2. The van der Waals surface area contributed by atoms with E-state index in [0.717, 1.165) is 32.1 Å². The van der Waals surface area contributed by atoms with E-state index in [0.29, 0.717) is 30.5 Å². The third-order valence-electron chi connectivity index (χ3n) is 7.64. The van der Waals surface area contributed by atoms with Crippen LogP contribution in [0.5, 0.6) is 0 Å². The summed E-state index contributed by atoms with van der Waals surface area (Å²) in [5.74, 6) is 0.108. The molecule has 0 unspecified atom stereocenters. The Labute approximate surface area is 215 Å². The summed E-state index contributed by atoms with van der Waals surface area (Å²) in [4.78, 5) is 36.9. The number of anilines is 2. The number of rotatable bonds is 8. The van der Waals surface area contributed by atoms with Crippen molar-refractivity contribution >= 4 is 23.3 Å². The van der Waals surface area contributed by atoms with E-state index in [2.05, 4.69) is 27.2 Å². The van der Waals surface area contributed by atoms with Crippen LogP contribution >= 0.6 is 0 Å². The highest BCUT2D eigenvalue weighted by Crippen LogP contribution is 2.40. The summed E-state index contributed by atoms with van der Waals surface area (Å²) >= 11 is 0. The normalized spacial score (nSPS) is 20.8. The van der Waals surface area contributed by atoms with Gasteiger partial charge in [-0.15, -0.1) is 0 Å². The van der Waals surface area contributed by atoms with Crippen molar-refractivity contribution in [2.45, 2.75) is 57.7 Å². The highest BCUT2D eigenvalue weighted by Gasteiger charge is 2.39. The highest BCUT2D eigenvalue weighted by molar-refractivity contribution is 5.94. The van der Waals surface area contributed by atoms with Gasteiger partial charge in [-0.05, 0) is 82.4 Å². The van der Waals surface area contributed by atoms with E-state index in [1.807, 2.05) is 7.05 Å². The molecule has 0 atom stereocenters. The van der Waals surface area contributed by atoms with Crippen LogP contribution in [0.4, 0.5) is 24.8 Å². The predicted octanol–water partition coefficient (Wildman–Crippen LogP) is 4.95. The molecule has 1 aromatic heterocycles. The van der Waals surface area contributed by atoms with Gasteiger partial charge in [0.1, 0.15) is 5.78 Å². The second kappa shape index (κ2) is 11.2. The minimum atomic E-state index is -4.56. The molecule has 2 aromatic rings. The summed E-state index contributed by atoms with van der Waals surface area (Å²) < 4.78 is 40.8. The number of nitrogens with one attached hydrogen (secondary N) is 1. The van der Waals surface area contributed by atoms with Gasteiger partial charge in [-0.1, -0.05) is 6.92 Å². The fourth-order valence-corrected chi connectivity index (χ4v) is 5.17. The van der Waals surface area contributed by atoms with Crippen LogP contribution in [0.1, 0.15) is 60.6 Å². The Morgan fingerprint density at radius 3 is 2.38 bits per heavy atom. The smallest absolute Gasteiger partial charge is 0.339 e. The molecular formula is C27H34F3N5O2. The van der Waals surface area contributed by atoms with E-state index in [9.17, 15) is 22.8 Å². The van der Waals surface area contributed by atoms with Crippen molar-refractivity contribution in [3.8, 4) is 0 Å². The summed E-state index contributed by atoms with van der Waals surface area (Å²) in [6.45, 7) is 3.72. The van der Waals surface area contributed by atoms with Gasteiger partial charge in [0.15, 0.2) is 0 Å². The number of piperidine rings is 1. The number of alkyl halides is 3. The summed E-state index contributed by atoms with van der Waals surface area (Å²) in [5.41, 5.74) is 0.203. The quantitative estimate of drug-likeness (QED) is 0.534. The van der Waals surface area contributed by atoms with Crippen molar-refractivity contribution in [2.75, 3.05) is 32.5 Å². The summed E-state index contributed by atoms with van der Waals surface area (Å²) in [6.07, 6.45) is -0.0896. The Balaban J connectivity index is 1.42. The fourth-order valence-electron chi connectivity index (χ4n) is 5.17. The SMILES string of the molecule is CCC(=O)C1CC(Cc2nc(Nc3ccc(C(=O)N(C)C4CCN(C)CC4)cc3)ncc2C(F)(F)F)C1. The lowest BCUT2D eigenvalue weighted by atomic mass is 9.70. The minimum absolute atomic E-state index is 0.00352. The molecule has 1 saturated heterocycles. The van der Waals surface area contributed by atoms with E-state index in [4.69, 9.17) is 0 Å². The Morgan fingerprint density at radius 2 is 1.78 bits per heavy atom. The zero-order chi connectivity index (χ0) is 26.7. The van der Waals surface area contributed by atoms with Gasteiger partial charge in [-0.2, -0.15) is 13.2 Å². The molecule has 1 amide bonds. The van der Waals surface area contributed by atoms with E-state index >= 15 is 0 Å². The number of benzene rings is 1. The van der Waals surface area contributed by atoms with Crippen LogP contribution in [0.15, 0.2) is 30.5 Å². The van der Waals surface area contributed by atoms with Crippen LogP contribution in [0.25, 0.3) is 0 Å². The van der Waals surface area contributed by atoms with Gasteiger partial charge in [0.2, 0.25) is 5.95 Å². The average molecular weight is 518 g/mol. The number of hydrogen-bond donors (Lipinski definition) is 1. The van der Waals surface area contributed by atoms with Crippen LogP contribution in [0.3, 0.4) is 0 Å². The number of hydrogen-bond acceptors (Lipinski definition) is 6. The van der Waals surface area contributed by atoms with Crippen LogP contribution in [0.2, 0.25) is 0 Å². The summed E-state index contributed by atoms with van der Waals surface area (Å²) in [7, 11) is 3.90. The standard InChI is InChI=1S/C27H34F3N5O2/c1-4-24(36)19-13-17(14-19)15-23-22(27(28,29)30)16-31-26(33-23)32-20-7-5-18(6-8-20)25(37)35(3)21-9-11-34(2)12-10-21/h5-8,16-17,19,21H,4,9-15H2,1-3H3,(H,31,32,33). The molecule has 10 heteroatoms. The molecule has 1 aliphatic carbocycles. The molecule has 0 spiro atoms. The molecule has 4 rings (SSSR count). The molecule has 37 heavy (non-hydrogen) atoms. The topological polar surface area (TPSA) is 78.4 Å². The van der Waals surface area contributed by atoms with Crippen molar-refractivity contribution in [2.24, 2.45) is 11.8 Å². The Kier molecular flexibility index (Phi) is 8.16. The summed E-state index contributed by atoms with van der Waals surface area (Å²) in [5, 5.41) is 2.96. The van der Waals surface area contributed by atoms with Gasteiger partial charge in [-0.3, -0.25) is 9.59 Å². The minimum Gasteiger partial charge on any atom is -0.339 e. The largest absolute Gasteiger partial charge is 0.419 e. The van der Waals surface area contributed by atoms with Gasteiger partial charge in [0.05, 0.1) is 11.3 Å². The van der Waals surface area contributed by atoms with Crippen LogP contribution in [0, 0.1) is 11.8 Å². The number of Topliss-reactive ketones (excluding diaryl/α,β-unsaturated/α-hetero) is 1. The maximum absolute atomic E-state index is 13.6. The molecule has 1 N–H and O–H groups in total. The monoisotopic (exact) mass is 517 g/mol. The van der Waals surface area contributed by atoms with Crippen LogP contribution in [-0.2, 0) is 17.4 Å². The number of halogens is 3. The first-order chi connectivity index (χ1) is 17.5. The third kappa shape index (κ3) is 6.47. The van der Waals surface area contributed by atoms with Gasteiger partial charge in [0.25, 0.3) is 5.91 Å². The zero-order valence-electron chi connectivity index (χ0n) is 21.5. The maximum Gasteiger partial charge on any atom is 0.419 e. The number of likely N-dealkylation sites (tertiary alicyclic amines) is 1. The lowest BCUT2D eigenvalue weighted by Crippen LogP contribution is -2.44. The van der Waals surface area contributed by atoms with Crippen molar-refractivity contribution in [3.05, 3.63) is 47.3 Å². The first kappa shape index (κ1) is 27.0. The van der Waals surface area contributed by atoms with Crippen molar-refractivity contribution in [3.63, 3.8) is 0 Å². The Hall–Kier alpha value is -3.01. The van der Waals surface area contributed by atoms with E-state index in [1.54, 1.807) is 36.1 Å². The maximum atomic E-state index is 13.6. The molecular weight excluding hydrogens is 483 g/mol. The third-order valence-corrected chi connectivity index (χ3v) is 7.64. The Morgan fingerprint density at radius 1 is 1.14 bits per heavy atom. The average Bonchev–Trinajstić information content (AvgIpc) is 2.85. The Bertz CT molecular complexity index is 1110. The zero-order valence-corrected chi connectivity index (χ0v) is 21.5. The molecule has 1 aromatic carbocycles. The van der Waals surface area contributed by atoms with Crippen molar-refractivity contribution < 1.29 is 22.8 Å². The molecule has 200 valence electrons. The lowest BCUT2D eigenvalue weighted by molar-refractivity contribution is -0.139. The second-order valence-corrected chi connectivity index (χ2v) is 10.3. The molecule has 0 radical (unpaired) electrons. The van der Waals surface area contributed by atoms with Crippen LogP contribution in [-0.4, -0.2) is 64.7 Å². The van der Waals surface area contributed by atoms with E-state index < -0.39 is 11.7 Å². The first-order valence-corrected chi connectivity index (χ1v) is 12.8. The van der Waals surface area contributed by atoms with Crippen molar-refractivity contribution in [1.82, 2.24) is 19.8 Å². The molecule has 2 fully saturated rings. The van der Waals surface area contributed by atoms with Gasteiger partial charge < -0.3 is 15.1 Å². The summed E-state index contributed by atoms with van der Waals surface area (Å²) in [6, 6.07) is 6.99. The number of amides is 1. The van der Waals surface area contributed by atoms with E-state index in [1.165, 1.54) is 0 Å². The molecule has 1 aliphatic heterocycles. The van der Waals surface area contributed by atoms with Crippen molar-refractivity contribution in [1.29, 1.82) is 0 Å².